The van der Waals surface area contributed by atoms with Crippen molar-refractivity contribution in [3.05, 3.63) is 65.7 Å². The van der Waals surface area contributed by atoms with Crippen LogP contribution in [0.1, 0.15) is 15.9 Å². The van der Waals surface area contributed by atoms with Gasteiger partial charge in [-0.15, -0.1) is 10.2 Å². The van der Waals surface area contributed by atoms with Gasteiger partial charge in [0.05, 0.1) is 17.4 Å². The molecule has 1 fully saturated rings. The summed E-state index contributed by atoms with van der Waals surface area (Å²) in [6.45, 7) is 4.82. The monoisotopic (exact) mass is 416 g/mol. The number of fused-ring (bicyclic) bond motifs is 1. The van der Waals surface area contributed by atoms with Crippen LogP contribution in [0.2, 0.25) is 0 Å². The maximum atomic E-state index is 12.9. The zero-order valence-corrected chi connectivity index (χ0v) is 17.3. The van der Waals surface area contributed by atoms with E-state index in [1.54, 1.807) is 0 Å². The van der Waals surface area contributed by atoms with Crippen LogP contribution in [0.25, 0.3) is 22.3 Å². The Labute approximate surface area is 178 Å². The SMILES string of the molecule is Cc1ccccc1-c1ccc(N2CCN(C(=O)c3ccc4nsnc4c3)CC2)nn1. The minimum Gasteiger partial charge on any atom is -0.352 e. The van der Waals surface area contributed by atoms with Crippen LogP contribution >= 0.6 is 11.7 Å². The molecule has 5 rings (SSSR count). The highest BCUT2D eigenvalue weighted by Crippen LogP contribution is 2.23. The number of carbonyl (C=O) groups excluding carboxylic acids is 1. The standard InChI is InChI=1S/C22H20N6OS/c1-15-4-2-3-5-17(15)18-8-9-21(24-23-18)27-10-12-28(13-11-27)22(29)16-6-7-19-20(14-16)26-30-25-19/h2-9,14H,10-13H2,1H3. The number of nitrogens with zero attached hydrogens (tertiary/aromatic N) is 6. The van der Waals surface area contributed by atoms with Gasteiger partial charge >= 0.3 is 0 Å². The molecular weight excluding hydrogens is 396 g/mol. The van der Waals surface area contributed by atoms with Gasteiger partial charge in [0.15, 0.2) is 5.82 Å². The number of carbonyl (C=O) groups is 1. The fraction of sp³-hybridized carbons (Fsp3) is 0.227. The van der Waals surface area contributed by atoms with E-state index < -0.39 is 0 Å². The van der Waals surface area contributed by atoms with Gasteiger partial charge in [-0.1, -0.05) is 24.3 Å². The summed E-state index contributed by atoms with van der Waals surface area (Å²) in [6.07, 6.45) is 0. The first-order valence-electron chi connectivity index (χ1n) is 9.85. The number of anilines is 1. The van der Waals surface area contributed by atoms with Gasteiger partial charge < -0.3 is 9.80 Å². The number of benzene rings is 2. The van der Waals surface area contributed by atoms with Gasteiger partial charge in [0.1, 0.15) is 11.0 Å². The van der Waals surface area contributed by atoms with Crippen molar-refractivity contribution in [2.75, 3.05) is 31.1 Å². The lowest BCUT2D eigenvalue weighted by molar-refractivity contribution is 0.0746. The second-order valence-electron chi connectivity index (χ2n) is 7.34. The van der Waals surface area contributed by atoms with Crippen molar-refractivity contribution in [3.63, 3.8) is 0 Å². The molecule has 4 aromatic rings. The molecule has 0 aliphatic carbocycles. The van der Waals surface area contributed by atoms with Gasteiger partial charge in [-0.3, -0.25) is 4.79 Å². The highest BCUT2D eigenvalue weighted by molar-refractivity contribution is 7.00. The smallest absolute Gasteiger partial charge is 0.254 e. The molecule has 30 heavy (non-hydrogen) atoms. The summed E-state index contributed by atoms with van der Waals surface area (Å²) in [4.78, 5) is 16.9. The number of rotatable bonds is 3. The Morgan fingerprint density at radius 3 is 2.47 bits per heavy atom. The van der Waals surface area contributed by atoms with Crippen molar-refractivity contribution < 1.29 is 4.79 Å². The van der Waals surface area contributed by atoms with E-state index >= 15 is 0 Å². The van der Waals surface area contributed by atoms with Crippen LogP contribution in [-0.4, -0.2) is 55.9 Å². The number of aromatic nitrogens is 4. The van der Waals surface area contributed by atoms with Gasteiger partial charge in [0, 0.05) is 37.3 Å². The first-order valence-corrected chi connectivity index (χ1v) is 10.6. The molecule has 1 aliphatic heterocycles. The lowest BCUT2D eigenvalue weighted by Gasteiger charge is -2.35. The third-order valence-corrected chi connectivity index (χ3v) is 6.02. The van der Waals surface area contributed by atoms with Gasteiger partial charge in [-0.05, 0) is 42.8 Å². The number of piperazine rings is 1. The molecule has 0 unspecified atom stereocenters. The van der Waals surface area contributed by atoms with Gasteiger partial charge in [-0.2, -0.15) is 8.75 Å². The predicted molar refractivity (Wildman–Crippen MR) is 118 cm³/mol. The average Bonchev–Trinajstić information content (AvgIpc) is 3.27. The van der Waals surface area contributed by atoms with Crippen molar-refractivity contribution in [2.24, 2.45) is 0 Å². The Morgan fingerprint density at radius 1 is 0.900 bits per heavy atom. The number of amides is 1. The Morgan fingerprint density at radius 2 is 1.70 bits per heavy atom. The third-order valence-electron chi connectivity index (χ3n) is 5.46. The van der Waals surface area contributed by atoms with E-state index in [-0.39, 0.29) is 5.91 Å². The zero-order chi connectivity index (χ0) is 20.5. The molecule has 0 bridgehead atoms. The second-order valence-corrected chi connectivity index (χ2v) is 7.87. The maximum Gasteiger partial charge on any atom is 0.254 e. The van der Waals surface area contributed by atoms with Crippen LogP contribution < -0.4 is 4.90 Å². The minimum absolute atomic E-state index is 0.0329. The number of hydrogen-bond donors (Lipinski definition) is 0. The highest BCUT2D eigenvalue weighted by atomic mass is 32.1. The Kier molecular flexibility index (Phi) is 4.84. The molecule has 0 saturated carbocycles. The molecule has 0 radical (unpaired) electrons. The minimum atomic E-state index is 0.0329. The molecule has 2 aromatic heterocycles. The summed E-state index contributed by atoms with van der Waals surface area (Å²) in [7, 11) is 0. The summed E-state index contributed by atoms with van der Waals surface area (Å²) in [5.74, 6) is 0.875. The van der Waals surface area contributed by atoms with Crippen LogP contribution in [0.15, 0.2) is 54.6 Å². The fourth-order valence-electron chi connectivity index (χ4n) is 3.73. The largest absolute Gasteiger partial charge is 0.352 e. The van der Waals surface area contributed by atoms with Crippen LogP contribution in [-0.2, 0) is 0 Å². The van der Waals surface area contributed by atoms with Crippen LogP contribution in [0.5, 0.6) is 0 Å². The van der Waals surface area contributed by atoms with Crippen molar-refractivity contribution in [2.45, 2.75) is 6.92 Å². The summed E-state index contributed by atoms with van der Waals surface area (Å²) in [6, 6.07) is 17.7. The molecule has 0 atom stereocenters. The lowest BCUT2D eigenvalue weighted by atomic mass is 10.1. The van der Waals surface area contributed by atoms with Crippen LogP contribution in [0.3, 0.4) is 0 Å². The Bertz CT molecular complexity index is 1200. The molecular formula is C22H20N6OS. The number of hydrogen-bond acceptors (Lipinski definition) is 7. The van der Waals surface area contributed by atoms with E-state index in [1.165, 1.54) is 5.56 Å². The molecule has 3 heterocycles. The molecule has 1 saturated heterocycles. The molecule has 1 amide bonds. The first kappa shape index (κ1) is 18.6. The molecule has 0 spiro atoms. The van der Waals surface area contributed by atoms with Crippen LogP contribution in [0.4, 0.5) is 5.82 Å². The molecule has 150 valence electrons. The zero-order valence-electron chi connectivity index (χ0n) is 16.5. The average molecular weight is 417 g/mol. The molecule has 0 N–H and O–H groups in total. The van der Waals surface area contributed by atoms with Crippen molar-refractivity contribution in [1.29, 1.82) is 0 Å². The first-order chi connectivity index (χ1) is 14.7. The normalized spacial score (nSPS) is 14.3. The fourth-order valence-corrected chi connectivity index (χ4v) is 4.25. The summed E-state index contributed by atoms with van der Waals surface area (Å²) < 4.78 is 8.42. The quantitative estimate of drug-likeness (QED) is 0.509. The summed E-state index contributed by atoms with van der Waals surface area (Å²) in [5.41, 5.74) is 5.41. The molecule has 8 heteroatoms. The molecule has 2 aromatic carbocycles. The van der Waals surface area contributed by atoms with Gasteiger partial charge in [0.2, 0.25) is 0 Å². The summed E-state index contributed by atoms with van der Waals surface area (Å²) in [5, 5.41) is 8.86. The van der Waals surface area contributed by atoms with E-state index in [9.17, 15) is 4.79 Å². The molecule has 1 aliphatic rings. The van der Waals surface area contributed by atoms with Gasteiger partial charge in [0.25, 0.3) is 5.91 Å². The third kappa shape index (κ3) is 3.50. The highest BCUT2D eigenvalue weighted by Gasteiger charge is 2.23. The number of aryl methyl sites for hydroxylation is 1. The van der Waals surface area contributed by atoms with Gasteiger partial charge in [-0.25, -0.2) is 0 Å². The Hall–Kier alpha value is -3.39. The predicted octanol–water partition coefficient (Wildman–Crippen LogP) is 3.42. The van der Waals surface area contributed by atoms with E-state index in [1.807, 2.05) is 47.4 Å². The van der Waals surface area contributed by atoms with E-state index in [0.717, 1.165) is 52.9 Å². The van der Waals surface area contributed by atoms with E-state index in [2.05, 4.69) is 42.9 Å². The second kappa shape index (κ2) is 7.79. The topological polar surface area (TPSA) is 75.1 Å². The van der Waals surface area contributed by atoms with Crippen molar-refractivity contribution in [1.82, 2.24) is 23.8 Å². The lowest BCUT2D eigenvalue weighted by Crippen LogP contribution is -2.49. The maximum absolute atomic E-state index is 12.9. The van der Waals surface area contributed by atoms with Crippen molar-refractivity contribution in [3.8, 4) is 11.3 Å². The van der Waals surface area contributed by atoms with Crippen LogP contribution in [0, 0.1) is 6.92 Å². The summed E-state index contributed by atoms with van der Waals surface area (Å²) >= 11 is 1.16. The van der Waals surface area contributed by atoms with E-state index in [0.29, 0.717) is 18.7 Å². The van der Waals surface area contributed by atoms with E-state index in [4.69, 9.17) is 0 Å². The Balaban J connectivity index is 1.25. The molecule has 7 nitrogen and oxygen atoms in total. The van der Waals surface area contributed by atoms with Crippen molar-refractivity contribution >= 4 is 34.5 Å².